The molecule has 1 aromatic carbocycles. The fourth-order valence-corrected chi connectivity index (χ4v) is 5.15. The smallest absolute Gasteiger partial charge is 0.228 e. The molecule has 2 aliphatic rings. The lowest BCUT2D eigenvalue weighted by atomic mass is 9.83. The largest absolute Gasteiger partial charge is 0.368 e. The number of benzene rings is 1. The molecular formula is C21H23N3O2S. The average molecular weight is 382 g/mol. The first kappa shape index (κ1) is 17.0. The van der Waals surface area contributed by atoms with Crippen LogP contribution in [0.1, 0.15) is 34.8 Å². The molecular weight excluding hydrogens is 358 g/mol. The first-order valence-corrected chi connectivity index (χ1v) is 10.5. The van der Waals surface area contributed by atoms with Gasteiger partial charge in [-0.2, -0.15) is 0 Å². The number of thiazole rings is 1. The highest BCUT2D eigenvalue weighted by Crippen LogP contribution is 2.43. The van der Waals surface area contributed by atoms with Gasteiger partial charge in [0.25, 0.3) is 0 Å². The van der Waals surface area contributed by atoms with Crippen molar-refractivity contribution in [3.05, 3.63) is 51.6 Å². The number of nitrogens with one attached hydrogen (secondary N) is 1. The minimum absolute atomic E-state index is 0.169. The Morgan fingerprint density at radius 3 is 2.93 bits per heavy atom. The Kier molecular flexibility index (Phi) is 4.06. The minimum atomic E-state index is -0.277. The van der Waals surface area contributed by atoms with Crippen molar-refractivity contribution in [3.63, 3.8) is 0 Å². The molecule has 140 valence electrons. The molecule has 6 heteroatoms. The van der Waals surface area contributed by atoms with Gasteiger partial charge < -0.3 is 14.6 Å². The number of aryl methyl sites for hydroxylation is 1. The molecule has 1 N–H and O–H groups in total. The Hall–Kier alpha value is -2.18. The molecule has 27 heavy (non-hydrogen) atoms. The number of amides is 1. The normalized spacial score (nSPS) is 18.8. The number of para-hydroxylation sites is 1. The number of likely N-dealkylation sites (tertiary alicyclic amines) is 1. The average Bonchev–Trinajstić information content (AvgIpc) is 3.27. The zero-order chi connectivity index (χ0) is 18.4. The predicted molar refractivity (Wildman–Crippen MR) is 106 cm³/mol. The highest BCUT2D eigenvalue weighted by Gasteiger charge is 2.43. The molecule has 0 radical (unpaired) electrons. The summed E-state index contributed by atoms with van der Waals surface area (Å²) in [7, 11) is 0. The third kappa shape index (κ3) is 2.87. The van der Waals surface area contributed by atoms with Crippen molar-refractivity contribution in [3.8, 4) is 0 Å². The van der Waals surface area contributed by atoms with Crippen LogP contribution in [-0.4, -0.2) is 40.5 Å². The SMILES string of the molecule is Cc1nc(CC(=O)N2CCC3(CC2)OCCc2c3[nH]c3ccccc23)cs1. The molecule has 0 aliphatic carbocycles. The summed E-state index contributed by atoms with van der Waals surface area (Å²) in [6.07, 6.45) is 3.03. The van der Waals surface area contributed by atoms with Crippen molar-refractivity contribution in [2.75, 3.05) is 19.7 Å². The van der Waals surface area contributed by atoms with Crippen LogP contribution in [0.4, 0.5) is 0 Å². The van der Waals surface area contributed by atoms with Gasteiger partial charge in [-0.3, -0.25) is 4.79 Å². The Balaban J connectivity index is 1.35. The summed E-state index contributed by atoms with van der Waals surface area (Å²) in [5, 5.41) is 4.31. The van der Waals surface area contributed by atoms with Gasteiger partial charge in [-0.05, 0) is 37.8 Å². The number of H-pyrrole nitrogens is 1. The Labute approximate surface area is 162 Å². The Morgan fingerprint density at radius 1 is 1.33 bits per heavy atom. The molecule has 1 spiro atoms. The van der Waals surface area contributed by atoms with Crippen LogP contribution < -0.4 is 0 Å². The molecule has 5 rings (SSSR count). The zero-order valence-electron chi connectivity index (χ0n) is 15.5. The van der Waals surface area contributed by atoms with Crippen LogP contribution >= 0.6 is 11.3 Å². The second kappa shape index (κ2) is 6.46. The molecule has 0 unspecified atom stereocenters. The highest BCUT2D eigenvalue weighted by atomic mass is 32.1. The molecule has 4 heterocycles. The molecule has 1 amide bonds. The summed E-state index contributed by atoms with van der Waals surface area (Å²) in [5.74, 6) is 0.169. The van der Waals surface area contributed by atoms with E-state index < -0.39 is 0 Å². The van der Waals surface area contributed by atoms with E-state index in [1.165, 1.54) is 22.2 Å². The number of hydrogen-bond acceptors (Lipinski definition) is 4. The van der Waals surface area contributed by atoms with Gasteiger partial charge in [-0.25, -0.2) is 4.98 Å². The molecule has 2 aliphatic heterocycles. The number of carbonyl (C=O) groups excluding carboxylic acids is 1. The van der Waals surface area contributed by atoms with Crippen molar-refractivity contribution in [2.45, 2.75) is 38.2 Å². The molecule has 0 bridgehead atoms. The van der Waals surface area contributed by atoms with Crippen molar-refractivity contribution in [1.82, 2.24) is 14.9 Å². The number of carbonyl (C=O) groups is 1. The second-order valence-electron chi connectivity index (χ2n) is 7.53. The number of ether oxygens (including phenoxy) is 1. The lowest BCUT2D eigenvalue weighted by Crippen LogP contribution is -2.48. The summed E-state index contributed by atoms with van der Waals surface area (Å²) in [4.78, 5) is 22.7. The van der Waals surface area contributed by atoms with Gasteiger partial charge in [0.05, 0.1) is 29.4 Å². The summed E-state index contributed by atoms with van der Waals surface area (Å²) in [5.41, 5.74) is 4.42. The van der Waals surface area contributed by atoms with E-state index in [0.29, 0.717) is 6.42 Å². The van der Waals surface area contributed by atoms with Crippen LogP contribution in [0, 0.1) is 6.92 Å². The van der Waals surface area contributed by atoms with E-state index in [4.69, 9.17) is 4.74 Å². The van der Waals surface area contributed by atoms with E-state index in [1.54, 1.807) is 11.3 Å². The molecule has 0 saturated carbocycles. The summed E-state index contributed by atoms with van der Waals surface area (Å²) < 4.78 is 6.33. The minimum Gasteiger partial charge on any atom is -0.368 e. The van der Waals surface area contributed by atoms with Crippen molar-refractivity contribution >= 4 is 28.1 Å². The maximum atomic E-state index is 12.7. The number of fused-ring (bicyclic) bond motifs is 4. The molecule has 1 fully saturated rings. The lowest BCUT2D eigenvalue weighted by molar-refractivity contribution is -0.140. The number of aromatic nitrogens is 2. The Bertz CT molecular complexity index is 998. The van der Waals surface area contributed by atoms with Crippen molar-refractivity contribution in [1.29, 1.82) is 0 Å². The molecule has 3 aromatic rings. The van der Waals surface area contributed by atoms with Gasteiger partial charge in [-0.15, -0.1) is 11.3 Å². The van der Waals surface area contributed by atoms with Gasteiger partial charge in [-0.1, -0.05) is 18.2 Å². The number of aromatic amines is 1. The third-order valence-corrected chi connectivity index (χ3v) is 6.74. The van der Waals surface area contributed by atoms with Crippen LogP contribution in [0.5, 0.6) is 0 Å². The van der Waals surface area contributed by atoms with Crippen LogP contribution in [0.15, 0.2) is 29.6 Å². The number of rotatable bonds is 2. The Morgan fingerprint density at radius 2 is 2.15 bits per heavy atom. The zero-order valence-corrected chi connectivity index (χ0v) is 16.3. The number of nitrogens with zero attached hydrogens (tertiary/aromatic N) is 2. The van der Waals surface area contributed by atoms with Crippen LogP contribution in [0.2, 0.25) is 0 Å². The quantitative estimate of drug-likeness (QED) is 0.738. The summed E-state index contributed by atoms with van der Waals surface area (Å²) >= 11 is 1.60. The van der Waals surface area contributed by atoms with E-state index in [-0.39, 0.29) is 11.5 Å². The third-order valence-electron chi connectivity index (χ3n) is 5.92. The van der Waals surface area contributed by atoms with E-state index in [0.717, 1.165) is 49.7 Å². The molecule has 0 atom stereocenters. The van der Waals surface area contributed by atoms with Gasteiger partial charge >= 0.3 is 0 Å². The highest BCUT2D eigenvalue weighted by molar-refractivity contribution is 7.09. The topological polar surface area (TPSA) is 58.2 Å². The summed E-state index contributed by atoms with van der Waals surface area (Å²) in [6, 6.07) is 8.49. The maximum Gasteiger partial charge on any atom is 0.228 e. The summed E-state index contributed by atoms with van der Waals surface area (Å²) in [6.45, 7) is 4.19. The van der Waals surface area contributed by atoms with Gasteiger partial charge in [0.1, 0.15) is 5.60 Å². The van der Waals surface area contributed by atoms with Gasteiger partial charge in [0.2, 0.25) is 5.91 Å². The molecule has 2 aromatic heterocycles. The first-order valence-electron chi connectivity index (χ1n) is 9.57. The number of hydrogen-bond donors (Lipinski definition) is 1. The molecule has 5 nitrogen and oxygen atoms in total. The van der Waals surface area contributed by atoms with Crippen LogP contribution in [0.25, 0.3) is 10.9 Å². The fourth-order valence-electron chi connectivity index (χ4n) is 4.54. The monoisotopic (exact) mass is 381 g/mol. The van der Waals surface area contributed by atoms with Gasteiger partial charge in [0.15, 0.2) is 0 Å². The van der Waals surface area contributed by atoms with Crippen LogP contribution in [-0.2, 0) is 28.0 Å². The lowest BCUT2D eigenvalue weighted by Gasteiger charge is -2.43. The standard InChI is InChI=1S/C21H23N3O2S/c1-14-22-15(13-27-14)12-19(25)24-9-7-21(8-10-24)20-17(6-11-26-21)16-4-2-3-5-18(16)23-20/h2-5,13,23H,6-12H2,1H3. The second-order valence-corrected chi connectivity index (χ2v) is 8.59. The van der Waals surface area contributed by atoms with E-state index >= 15 is 0 Å². The fraction of sp³-hybridized carbons (Fsp3) is 0.429. The van der Waals surface area contributed by atoms with E-state index in [2.05, 4.69) is 34.2 Å². The van der Waals surface area contributed by atoms with E-state index in [1.807, 2.05) is 17.2 Å². The first-order chi connectivity index (χ1) is 13.1. The van der Waals surface area contributed by atoms with Gasteiger partial charge in [0, 0.05) is 29.4 Å². The number of piperidine rings is 1. The van der Waals surface area contributed by atoms with Crippen LogP contribution in [0.3, 0.4) is 0 Å². The van der Waals surface area contributed by atoms with E-state index in [9.17, 15) is 4.79 Å². The molecule has 1 saturated heterocycles. The maximum absolute atomic E-state index is 12.7. The van der Waals surface area contributed by atoms with Crippen molar-refractivity contribution in [2.24, 2.45) is 0 Å². The predicted octanol–water partition coefficient (Wildman–Crippen LogP) is 3.57. The van der Waals surface area contributed by atoms with Crippen molar-refractivity contribution < 1.29 is 9.53 Å².